The van der Waals surface area contributed by atoms with Crippen LogP contribution in [0.2, 0.25) is 0 Å². The van der Waals surface area contributed by atoms with Gasteiger partial charge in [0, 0.05) is 18.5 Å². The third-order valence-corrected chi connectivity index (χ3v) is 2.84. The van der Waals surface area contributed by atoms with Gasteiger partial charge in [0.15, 0.2) is 5.82 Å². The van der Waals surface area contributed by atoms with Crippen molar-refractivity contribution in [3.8, 4) is 0 Å². The Bertz CT molecular complexity index is 557. The Morgan fingerprint density at radius 1 is 1.37 bits per heavy atom. The minimum atomic E-state index is -0.620. The van der Waals surface area contributed by atoms with Gasteiger partial charge in [-0.25, -0.2) is 8.78 Å². The number of hydrogen-bond donors (Lipinski definition) is 1. The van der Waals surface area contributed by atoms with Crippen molar-refractivity contribution in [2.24, 2.45) is 5.73 Å². The Kier molecular flexibility index (Phi) is 4.21. The molecule has 2 N–H and O–H groups in total. The first-order valence-corrected chi connectivity index (χ1v) is 6.09. The first kappa shape index (κ1) is 13.6. The zero-order valence-corrected chi connectivity index (χ0v) is 10.6. The molecule has 0 fully saturated rings. The highest BCUT2D eigenvalue weighted by molar-refractivity contribution is 5.21. The second kappa shape index (κ2) is 5.88. The van der Waals surface area contributed by atoms with Crippen LogP contribution in [-0.4, -0.2) is 16.2 Å². The van der Waals surface area contributed by atoms with Crippen LogP contribution in [0.5, 0.6) is 0 Å². The summed E-state index contributed by atoms with van der Waals surface area (Å²) in [5, 5.41) is 3.78. The molecule has 19 heavy (non-hydrogen) atoms. The van der Waals surface area contributed by atoms with Crippen molar-refractivity contribution in [1.82, 2.24) is 10.1 Å². The monoisotopic (exact) mass is 267 g/mol. The van der Waals surface area contributed by atoms with Crippen molar-refractivity contribution < 1.29 is 13.3 Å². The van der Waals surface area contributed by atoms with E-state index in [2.05, 4.69) is 10.1 Å². The van der Waals surface area contributed by atoms with E-state index in [-0.39, 0.29) is 12.5 Å². The molecule has 0 radical (unpaired) electrons. The molecule has 4 nitrogen and oxygen atoms in total. The van der Waals surface area contributed by atoms with Crippen molar-refractivity contribution >= 4 is 0 Å². The molecule has 6 heteroatoms. The fourth-order valence-electron chi connectivity index (χ4n) is 1.65. The molecule has 1 atom stereocenters. The lowest BCUT2D eigenvalue weighted by Crippen LogP contribution is -2.22. The molecule has 0 aliphatic rings. The molecule has 0 spiro atoms. The van der Waals surface area contributed by atoms with Gasteiger partial charge in [-0.1, -0.05) is 18.1 Å². The Hall–Kier alpha value is -1.82. The molecule has 0 aliphatic heterocycles. The molecule has 1 heterocycles. The van der Waals surface area contributed by atoms with Gasteiger partial charge < -0.3 is 10.3 Å². The highest BCUT2D eigenvalue weighted by Crippen LogP contribution is 2.14. The fourth-order valence-corrected chi connectivity index (χ4v) is 1.65. The summed E-state index contributed by atoms with van der Waals surface area (Å²) >= 11 is 0. The summed E-state index contributed by atoms with van der Waals surface area (Å²) in [5.74, 6) is -0.429. The maximum atomic E-state index is 13.5. The van der Waals surface area contributed by atoms with Crippen LogP contribution in [0.1, 0.15) is 30.6 Å². The van der Waals surface area contributed by atoms with E-state index in [0.29, 0.717) is 23.7 Å². The van der Waals surface area contributed by atoms with Gasteiger partial charge in [0.1, 0.15) is 11.6 Å². The number of nitrogens with two attached hydrogens (primary N) is 1. The number of aromatic nitrogens is 2. The Labute approximate surface area is 109 Å². The minimum absolute atomic E-state index is 0.0204. The molecule has 0 aliphatic carbocycles. The van der Waals surface area contributed by atoms with Crippen molar-refractivity contribution in [1.29, 1.82) is 0 Å². The molecular weight excluding hydrogens is 252 g/mol. The van der Waals surface area contributed by atoms with Crippen LogP contribution >= 0.6 is 0 Å². The number of halogens is 2. The molecular formula is C13H15F2N3O. The summed E-state index contributed by atoms with van der Waals surface area (Å²) in [5.41, 5.74) is 6.10. The summed E-state index contributed by atoms with van der Waals surface area (Å²) in [6.45, 7) is 1.97. The predicted molar refractivity (Wildman–Crippen MR) is 65.4 cm³/mol. The SMILES string of the molecule is CCC(N)Cc1noc(Cc2ccc(F)cc2F)n1. The van der Waals surface area contributed by atoms with Crippen LogP contribution in [0.15, 0.2) is 22.7 Å². The van der Waals surface area contributed by atoms with Crippen LogP contribution in [0, 0.1) is 11.6 Å². The normalized spacial score (nSPS) is 12.6. The van der Waals surface area contributed by atoms with Gasteiger partial charge in [-0.15, -0.1) is 0 Å². The molecule has 1 unspecified atom stereocenters. The molecule has 2 aromatic rings. The van der Waals surface area contributed by atoms with Gasteiger partial charge >= 0.3 is 0 Å². The van der Waals surface area contributed by atoms with Crippen molar-refractivity contribution in [2.75, 3.05) is 0 Å². The van der Waals surface area contributed by atoms with Crippen LogP contribution in [-0.2, 0) is 12.8 Å². The number of hydrogen-bond acceptors (Lipinski definition) is 4. The fraction of sp³-hybridized carbons (Fsp3) is 0.385. The first-order chi connectivity index (χ1) is 9.08. The van der Waals surface area contributed by atoms with Crippen LogP contribution in [0.4, 0.5) is 8.78 Å². The van der Waals surface area contributed by atoms with Gasteiger partial charge in [0.05, 0.1) is 6.42 Å². The molecule has 0 saturated heterocycles. The maximum Gasteiger partial charge on any atom is 0.231 e. The smallest absolute Gasteiger partial charge is 0.231 e. The largest absolute Gasteiger partial charge is 0.339 e. The Balaban J connectivity index is 2.07. The quantitative estimate of drug-likeness (QED) is 0.902. The topological polar surface area (TPSA) is 64.9 Å². The molecule has 1 aromatic heterocycles. The average molecular weight is 267 g/mol. The van der Waals surface area contributed by atoms with Crippen LogP contribution in [0.3, 0.4) is 0 Å². The van der Waals surface area contributed by atoms with Gasteiger partial charge in [0.2, 0.25) is 5.89 Å². The number of rotatable bonds is 5. The van der Waals surface area contributed by atoms with Crippen molar-refractivity contribution in [3.05, 3.63) is 47.1 Å². The third-order valence-electron chi connectivity index (χ3n) is 2.84. The molecule has 102 valence electrons. The Morgan fingerprint density at radius 3 is 2.84 bits per heavy atom. The van der Waals surface area contributed by atoms with Crippen molar-refractivity contribution in [2.45, 2.75) is 32.2 Å². The van der Waals surface area contributed by atoms with Gasteiger partial charge in [0.25, 0.3) is 0 Å². The number of nitrogens with zero attached hydrogens (tertiary/aromatic N) is 2. The highest BCUT2D eigenvalue weighted by atomic mass is 19.1. The highest BCUT2D eigenvalue weighted by Gasteiger charge is 2.12. The van der Waals surface area contributed by atoms with Crippen LogP contribution < -0.4 is 5.73 Å². The summed E-state index contributed by atoms with van der Waals surface area (Å²) in [7, 11) is 0. The number of benzene rings is 1. The van der Waals surface area contributed by atoms with E-state index in [1.165, 1.54) is 12.1 Å². The molecule has 0 bridgehead atoms. The molecule has 0 saturated carbocycles. The standard InChI is InChI=1S/C13H15F2N3O/c1-2-10(16)7-12-17-13(19-18-12)5-8-3-4-9(14)6-11(8)15/h3-4,6,10H,2,5,7,16H2,1H3. The van der Waals surface area contributed by atoms with Gasteiger partial charge in [-0.2, -0.15) is 4.98 Å². The van der Waals surface area contributed by atoms with Crippen LogP contribution in [0.25, 0.3) is 0 Å². The second-order valence-electron chi connectivity index (χ2n) is 4.39. The lowest BCUT2D eigenvalue weighted by Gasteiger charge is -2.02. The summed E-state index contributed by atoms with van der Waals surface area (Å²) in [6.07, 6.45) is 1.48. The average Bonchev–Trinajstić information content (AvgIpc) is 2.80. The maximum absolute atomic E-state index is 13.5. The molecule has 0 amide bonds. The summed E-state index contributed by atoms with van der Waals surface area (Å²) in [6, 6.07) is 3.38. The zero-order valence-electron chi connectivity index (χ0n) is 10.6. The van der Waals surface area contributed by atoms with E-state index in [1.807, 2.05) is 6.92 Å². The molecule has 1 aromatic carbocycles. The van der Waals surface area contributed by atoms with E-state index < -0.39 is 11.6 Å². The summed E-state index contributed by atoms with van der Waals surface area (Å²) < 4.78 is 31.2. The second-order valence-corrected chi connectivity index (χ2v) is 4.39. The van der Waals surface area contributed by atoms with E-state index >= 15 is 0 Å². The third kappa shape index (κ3) is 3.57. The van der Waals surface area contributed by atoms with Crippen molar-refractivity contribution in [3.63, 3.8) is 0 Å². The minimum Gasteiger partial charge on any atom is -0.339 e. The van der Waals surface area contributed by atoms with Gasteiger partial charge in [-0.05, 0) is 18.1 Å². The van der Waals surface area contributed by atoms with Gasteiger partial charge in [-0.3, -0.25) is 0 Å². The Morgan fingerprint density at radius 2 is 2.16 bits per heavy atom. The molecule has 2 rings (SSSR count). The van der Waals surface area contributed by atoms with E-state index in [0.717, 1.165) is 12.5 Å². The lowest BCUT2D eigenvalue weighted by molar-refractivity contribution is 0.376. The first-order valence-electron chi connectivity index (χ1n) is 6.09. The lowest BCUT2D eigenvalue weighted by atomic mass is 10.1. The van der Waals surface area contributed by atoms with E-state index in [9.17, 15) is 8.78 Å². The zero-order chi connectivity index (χ0) is 13.8. The van der Waals surface area contributed by atoms with E-state index in [4.69, 9.17) is 10.3 Å². The predicted octanol–water partition coefficient (Wildman–Crippen LogP) is 2.22. The summed E-state index contributed by atoms with van der Waals surface area (Å²) in [4.78, 5) is 4.14. The van der Waals surface area contributed by atoms with E-state index in [1.54, 1.807) is 0 Å².